The van der Waals surface area contributed by atoms with Gasteiger partial charge in [0.1, 0.15) is 0 Å². The highest BCUT2D eigenvalue weighted by atomic mass is 16.5. The van der Waals surface area contributed by atoms with E-state index in [2.05, 4.69) is 24.4 Å². The van der Waals surface area contributed by atoms with Gasteiger partial charge in [-0.2, -0.15) is 5.10 Å². The van der Waals surface area contributed by atoms with Crippen LogP contribution in [0, 0.1) is 0 Å². The summed E-state index contributed by atoms with van der Waals surface area (Å²) in [5, 5.41) is 4.01. The van der Waals surface area contributed by atoms with Crippen LogP contribution in [-0.2, 0) is 0 Å². The molecule has 1 amide bonds. The molecule has 138 valence electrons. The van der Waals surface area contributed by atoms with Crippen molar-refractivity contribution in [3.8, 4) is 17.2 Å². The van der Waals surface area contributed by atoms with Crippen LogP contribution in [0.1, 0.15) is 41.3 Å². The van der Waals surface area contributed by atoms with E-state index in [4.69, 9.17) is 14.2 Å². The molecule has 0 saturated heterocycles. The molecule has 0 aliphatic heterocycles. The summed E-state index contributed by atoms with van der Waals surface area (Å²) in [5.74, 6) is 1.34. The fourth-order valence-electron chi connectivity index (χ4n) is 2.41. The second-order valence-electron chi connectivity index (χ2n) is 5.93. The Labute approximate surface area is 153 Å². The molecule has 0 fully saturated rings. The molecule has 1 N–H and O–H groups in total. The van der Waals surface area contributed by atoms with Crippen molar-refractivity contribution in [1.29, 1.82) is 0 Å². The molecule has 0 atom stereocenters. The lowest BCUT2D eigenvalue weighted by Crippen LogP contribution is -2.18. The molecule has 6 nitrogen and oxygen atoms in total. The van der Waals surface area contributed by atoms with E-state index in [-0.39, 0.29) is 5.91 Å². The highest BCUT2D eigenvalue weighted by molar-refractivity contribution is 5.96. The summed E-state index contributed by atoms with van der Waals surface area (Å²) in [6, 6.07) is 11.2. The largest absolute Gasteiger partial charge is 0.493 e. The van der Waals surface area contributed by atoms with Crippen LogP contribution >= 0.6 is 0 Å². The molecule has 2 rings (SSSR count). The van der Waals surface area contributed by atoms with E-state index in [0.717, 1.165) is 5.56 Å². The Kier molecular flexibility index (Phi) is 6.60. The van der Waals surface area contributed by atoms with Crippen LogP contribution in [0.15, 0.2) is 41.5 Å². The minimum Gasteiger partial charge on any atom is -0.493 e. The minimum atomic E-state index is -0.376. The van der Waals surface area contributed by atoms with Gasteiger partial charge in [0, 0.05) is 5.56 Å². The summed E-state index contributed by atoms with van der Waals surface area (Å²) in [6.45, 7) is 4.28. The van der Waals surface area contributed by atoms with Crippen molar-refractivity contribution in [2.45, 2.75) is 19.8 Å². The monoisotopic (exact) mass is 356 g/mol. The van der Waals surface area contributed by atoms with E-state index in [1.165, 1.54) is 26.9 Å². The normalized spacial score (nSPS) is 10.8. The molecule has 0 aliphatic rings. The molecule has 0 aliphatic carbocycles. The Morgan fingerprint density at radius 2 is 1.58 bits per heavy atom. The molecule has 0 bridgehead atoms. The second kappa shape index (κ2) is 8.89. The zero-order chi connectivity index (χ0) is 19.1. The highest BCUT2D eigenvalue weighted by Crippen LogP contribution is 2.38. The molecule has 2 aromatic rings. The van der Waals surface area contributed by atoms with E-state index in [0.29, 0.717) is 28.7 Å². The van der Waals surface area contributed by atoms with E-state index < -0.39 is 0 Å². The standard InChI is InChI=1S/C20H24N2O4/c1-13(2)15-8-6-14(7-9-15)12-21-22-20(23)16-10-17(24-3)19(26-5)18(11-16)25-4/h6-13H,1-5H3,(H,22,23)/b21-12+. The number of carbonyl (C=O) groups is 1. The van der Waals surface area contributed by atoms with Gasteiger partial charge in [-0.25, -0.2) is 5.43 Å². The predicted molar refractivity (Wildman–Crippen MR) is 102 cm³/mol. The van der Waals surface area contributed by atoms with E-state index in [1.807, 2.05) is 24.3 Å². The van der Waals surface area contributed by atoms with Crippen molar-refractivity contribution in [3.05, 3.63) is 53.1 Å². The first-order valence-electron chi connectivity index (χ1n) is 8.23. The molecule has 2 aromatic carbocycles. The van der Waals surface area contributed by atoms with Crippen LogP contribution in [0.25, 0.3) is 0 Å². The fraction of sp³-hybridized carbons (Fsp3) is 0.300. The van der Waals surface area contributed by atoms with Crippen molar-refractivity contribution in [1.82, 2.24) is 5.43 Å². The molecule has 0 radical (unpaired) electrons. The number of carbonyl (C=O) groups excluding carboxylic acids is 1. The van der Waals surface area contributed by atoms with Crippen molar-refractivity contribution < 1.29 is 19.0 Å². The maximum absolute atomic E-state index is 12.3. The molecule has 0 unspecified atom stereocenters. The lowest BCUT2D eigenvalue weighted by Gasteiger charge is -2.13. The predicted octanol–water partition coefficient (Wildman–Crippen LogP) is 3.60. The molecule has 0 spiro atoms. The van der Waals surface area contributed by atoms with Crippen LogP contribution in [0.3, 0.4) is 0 Å². The number of nitrogens with zero attached hydrogens (tertiary/aromatic N) is 1. The fourth-order valence-corrected chi connectivity index (χ4v) is 2.41. The lowest BCUT2D eigenvalue weighted by molar-refractivity contribution is 0.0954. The van der Waals surface area contributed by atoms with Crippen molar-refractivity contribution in [3.63, 3.8) is 0 Å². The highest BCUT2D eigenvalue weighted by Gasteiger charge is 2.16. The first-order valence-corrected chi connectivity index (χ1v) is 8.23. The molecule has 0 saturated carbocycles. The maximum Gasteiger partial charge on any atom is 0.271 e. The number of methoxy groups -OCH3 is 3. The molecule has 0 aromatic heterocycles. The number of hydrazone groups is 1. The summed E-state index contributed by atoms with van der Waals surface area (Å²) in [6.07, 6.45) is 1.60. The van der Waals surface area contributed by atoms with Gasteiger partial charge < -0.3 is 14.2 Å². The smallest absolute Gasteiger partial charge is 0.271 e. The number of nitrogens with one attached hydrogen (secondary N) is 1. The van der Waals surface area contributed by atoms with Crippen molar-refractivity contribution >= 4 is 12.1 Å². The first kappa shape index (κ1) is 19.3. The molecular weight excluding hydrogens is 332 g/mol. The van der Waals surface area contributed by atoms with Crippen LogP contribution in [0.2, 0.25) is 0 Å². The van der Waals surface area contributed by atoms with Gasteiger partial charge in [0.05, 0.1) is 27.5 Å². The topological polar surface area (TPSA) is 69.2 Å². The van der Waals surface area contributed by atoms with Gasteiger partial charge in [-0.05, 0) is 29.2 Å². The van der Waals surface area contributed by atoms with Crippen molar-refractivity contribution in [2.24, 2.45) is 5.10 Å². The molecule has 0 heterocycles. The average molecular weight is 356 g/mol. The third-order valence-electron chi connectivity index (χ3n) is 3.91. The van der Waals surface area contributed by atoms with Crippen molar-refractivity contribution in [2.75, 3.05) is 21.3 Å². The van der Waals surface area contributed by atoms with E-state index in [9.17, 15) is 4.79 Å². The minimum absolute atomic E-state index is 0.354. The summed E-state index contributed by atoms with van der Waals surface area (Å²) in [7, 11) is 4.50. The van der Waals surface area contributed by atoms with Crippen LogP contribution in [0.4, 0.5) is 0 Å². The van der Waals surface area contributed by atoms with Gasteiger partial charge in [-0.15, -0.1) is 0 Å². The average Bonchev–Trinajstić information content (AvgIpc) is 2.66. The Morgan fingerprint density at radius 1 is 1.00 bits per heavy atom. The second-order valence-corrected chi connectivity index (χ2v) is 5.93. The molecule has 26 heavy (non-hydrogen) atoms. The van der Waals surface area contributed by atoms with Gasteiger partial charge in [-0.1, -0.05) is 38.1 Å². The number of hydrogen-bond donors (Lipinski definition) is 1. The third kappa shape index (κ3) is 4.53. The summed E-state index contributed by atoms with van der Waals surface area (Å²) < 4.78 is 15.7. The van der Waals surface area contributed by atoms with E-state index >= 15 is 0 Å². The summed E-state index contributed by atoms with van der Waals surface area (Å²) in [5.41, 5.74) is 5.01. The Morgan fingerprint density at radius 3 is 2.04 bits per heavy atom. The number of amides is 1. The van der Waals surface area contributed by atoms with Gasteiger partial charge >= 0.3 is 0 Å². The van der Waals surface area contributed by atoms with Gasteiger partial charge in [0.15, 0.2) is 11.5 Å². The summed E-state index contributed by atoms with van der Waals surface area (Å²) in [4.78, 5) is 12.3. The Bertz CT molecular complexity index is 758. The quantitative estimate of drug-likeness (QED) is 0.608. The number of hydrogen-bond acceptors (Lipinski definition) is 5. The third-order valence-corrected chi connectivity index (χ3v) is 3.91. The first-order chi connectivity index (χ1) is 12.5. The van der Waals surface area contributed by atoms with Gasteiger partial charge in [0.2, 0.25) is 5.75 Å². The Hall–Kier alpha value is -3.02. The van der Waals surface area contributed by atoms with Gasteiger partial charge in [-0.3, -0.25) is 4.79 Å². The van der Waals surface area contributed by atoms with E-state index in [1.54, 1.807) is 18.3 Å². The Balaban J connectivity index is 2.12. The number of ether oxygens (including phenoxy) is 3. The number of benzene rings is 2. The summed E-state index contributed by atoms with van der Waals surface area (Å²) >= 11 is 0. The molecular formula is C20H24N2O4. The van der Waals surface area contributed by atoms with Gasteiger partial charge in [0.25, 0.3) is 5.91 Å². The zero-order valence-electron chi connectivity index (χ0n) is 15.7. The van der Waals surface area contributed by atoms with Crippen LogP contribution in [0.5, 0.6) is 17.2 Å². The molecule has 6 heteroatoms. The SMILES string of the molecule is COc1cc(C(=O)N/N=C/c2ccc(C(C)C)cc2)cc(OC)c1OC. The van der Waals surface area contributed by atoms with Crippen LogP contribution in [-0.4, -0.2) is 33.5 Å². The number of rotatable bonds is 7. The van der Waals surface area contributed by atoms with Crippen LogP contribution < -0.4 is 19.6 Å². The zero-order valence-corrected chi connectivity index (χ0v) is 15.7. The lowest BCUT2D eigenvalue weighted by atomic mass is 10.0. The maximum atomic E-state index is 12.3.